The molecular formula is C12H18ClN3O. The van der Waals surface area contributed by atoms with E-state index in [1.807, 2.05) is 0 Å². The minimum Gasteiger partial charge on any atom is -0.480 e. The zero-order valence-electron chi connectivity index (χ0n) is 10.1. The molecule has 1 N–H and O–H groups in total. The van der Waals surface area contributed by atoms with Gasteiger partial charge in [-0.15, -0.1) is 11.6 Å². The zero-order chi connectivity index (χ0) is 12.1. The SMILES string of the molecule is COc1cncc(NC2(CCl)CCCCC2)n1. The predicted octanol–water partition coefficient (Wildman–Crippen LogP) is 2.84. The molecule has 1 aliphatic rings. The fraction of sp³-hybridized carbons (Fsp3) is 0.667. The van der Waals surface area contributed by atoms with Crippen LogP contribution in [0.5, 0.6) is 5.88 Å². The van der Waals surface area contributed by atoms with Gasteiger partial charge in [-0.2, -0.15) is 4.98 Å². The monoisotopic (exact) mass is 255 g/mol. The number of rotatable bonds is 4. The normalized spacial score (nSPS) is 18.7. The number of methoxy groups -OCH3 is 1. The van der Waals surface area contributed by atoms with Crippen LogP contribution in [0.2, 0.25) is 0 Å². The third kappa shape index (κ3) is 3.00. The number of halogens is 1. The van der Waals surface area contributed by atoms with Gasteiger partial charge in [0.1, 0.15) is 5.82 Å². The molecular weight excluding hydrogens is 238 g/mol. The fourth-order valence-corrected chi connectivity index (χ4v) is 2.63. The van der Waals surface area contributed by atoms with Crippen LogP contribution in [0, 0.1) is 0 Å². The summed E-state index contributed by atoms with van der Waals surface area (Å²) >= 11 is 6.12. The Labute approximate surface area is 107 Å². The van der Waals surface area contributed by atoms with Gasteiger partial charge in [-0.25, -0.2) is 0 Å². The predicted molar refractivity (Wildman–Crippen MR) is 68.7 cm³/mol. The molecule has 1 heterocycles. The minimum absolute atomic E-state index is 0.0269. The van der Waals surface area contributed by atoms with E-state index in [1.54, 1.807) is 19.5 Å². The second kappa shape index (κ2) is 5.54. The second-order valence-electron chi connectivity index (χ2n) is 4.55. The molecule has 0 aromatic carbocycles. The summed E-state index contributed by atoms with van der Waals surface area (Å²) in [5.41, 5.74) is -0.0269. The molecule has 1 fully saturated rings. The van der Waals surface area contributed by atoms with E-state index in [9.17, 15) is 0 Å². The van der Waals surface area contributed by atoms with Crippen LogP contribution in [-0.2, 0) is 0 Å². The maximum atomic E-state index is 6.12. The van der Waals surface area contributed by atoms with Gasteiger partial charge in [0.05, 0.1) is 25.0 Å². The average Bonchev–Trinajstić information content (AvgIpc) is 2.40. The van der Waals surface area contributed by atoms with E-state index in [4.69, 9.17) is 16.3 Å². The van der Waals surface area contributed by atoms with E-state index in [0.29, 0.717) is 11.8 Å². The molecule has 0 bridgehead atoms. The van der Waals surface area contributed by atoms with Crippen molar-refractivity contribution in [2.24, 2.45) is 0 Å². The van der Waals surface area contributed by atoms with Crippen LogP contribution in [0.15, 0.2) is 12.4 Å². The lowest BCUT2D eigenvalue weighted by Crippen LogP contribution is -2.42. The molecule has 4 nitrogen and oxygen atoms in total. The lowest BCUT2D eigenvalue weighted by Gasteiger charge is -2.36. The van der Waals surface area contributed by atoms with E-state index in [0.717, 1.165) is 18.7 Å². The quantitative estimate of drug-likeness (QED) is 0.841. The maximum Gasteiger partial charge on any atom is 0.233 e. The molecule has 94 valence electrons. The summed E-state index contributed by atoms with van der Waals surface area (Å²) in [4.78, 5) is 8.42. The first-order chi connectivity index (χ1) is 8.28. The summed E-state index contributed by atoms with van der Waals surface area (Å²) in [5.74, 6) is 1.87. The van der Waals surface area contributed by atoms with Gasteiger partial charge in [-0.05, 0) is 12.8 Å². The van der Waals surface area contributed by atoms with Gasteiger partial charge in [0.25, 0.3) is 0 Å². The molecule has 0 aliphatic heterocycles. The standard InChI is InChI=1S/C12H18ClN3O/c1-17-11-8-14-7-10(15-11)16-12(9-13)5-3-2-4-6-12/h7-8H,2-6,9H2,1H3,(H,15,16). The molecule has 1 aliphatic carbocycles. The average molecular weight is 256 g/mol. The Morgan fingerprint density at radius 2 is 2.12 bits per heavy atom. The van der Waals surface area contributed by atoms with Crippen molar-refractivity contribution < 1.29 is 4.74 Å². The molecule has 0 saturated heterocycles. The molecule has 5 heteroatoms. The van der Waals surface area contributed by atoms with Gasteiger partial charge < -0.3 is 10.1 Å². The Morgan fingerprint density at radius 3 is 2.76 bits per heavy atom. The van der Waals surface area contributed by atoms with E-state index in [-0.39, 0.29) is 5.54 Å². The van der Waals surface area contributed by atoms with Crippen molar-refractivity contribution in [3.8, 4) is 5.88 Å². The van der Waals surface area contributed by atoms with Crippen LogP contribution in [0.25, 0.3) is 0 Å². The first-order valence-electron chi connectivity index (χ1n) is 5.98. The van der Waals surface area contributed by atoms with Gasteiger partial charge in [-0.1, -0.05) is 19.3 Å². The highest BCUT2D eigenvalue weighted by Crippen LogP contribution is 2.32. The third-order valence-corrected chi connectivity index (χ3v) is 3.79. The minimum atomic E-state index is -0.0269. The van der Waals surface area contributed by atoms with Crippen LogP contribution >= 0.6 is 11.6 Å². The summed E-state index contributed by atoms with van der Waals surface area (Å²) < 4.78 is 5.06. The Morgan fingerprint density at radius 1 is 1.35 bits per heavy atom. The van der Waals surface area contributed by atoms with E-state index < -0.39 is 0 Å². The molecule has 0 radical (unpaired) electrons. The number of aromatic nitrogens is 2. The summed E-state index contributed by atoms with van der Waals surface area (Å²) in [6.45, 7) is 0. The summed E-state index contributed by atoms with van der Waals surface area (Å²) in [6, 6.07) is 0. The number of hydrogen-bond donors (Lipinski definition) is 1. The molecule has 0 unspecified atom stereocenters. The van der Waals surface area contributed by atoms with Crippen molar-refractivity contribution in [1.82, 2.24) is 9.97 Å². The number of nitrogens with one attached hydrogen (secondary N) is 1. The number of ether oxygens (including phenoxy) is 1. The molecule has 0 amide bonds. The Balaban J connectivity index is 2.11. The van der Waals surface area contributed by atoms with Crippen molar-refractivity contribution in [2.75, 3.05) is 18.3 Å². The fourth-order valence-electron chi connectivity index (χ4n) is 2.30. The van der Waals surface area contributed by atoms with Gasteiger partial charge in [-0.3, -0.25) is 4.98 Å². The van der Waals surface area contributed by atoms with Crippen LogP contribution in [0.4, 0.5) is 5.82 Å². The second-order valence-corrected chi connectivity index (χ2v) is 4.81. The summed E-state index contributed by atoms with van der Waals surface area (Å²) in [6.07, 6.45) is 9.23. The number of nitrogens with zero attached hydrogens (tertiary/aromatic N) is 2. The van der Waals surface area contributed by atoms with Crippen LogP contribution < -0.4 is 10.1 Å². The van der Waals surface area contributed by atoms with Crippen LogP contribution in [0.3, 0.4) is 0 Å². The third-order valence-electron chi connectivity index (χ3n) is 3.28. The van der Waals surface area contributed by atoms with Gasteiger partial charge in [0, 0.05) is 5.88 Å². The van der Waals surface area contributed by atoms with Crippen LogP contribution in [0.1, 0.15) is 32.1 Å². The molecule has 2 rings (SSSR count). The van der Waals surface area contributed by atoms with Crippen molar-refractivity contribution in [1.29, 1.82) is 0 Å². The molecule has 1 aromatic heterocycles. The zero-order valence-corrected chi connectivity index (χ0v) is 10.8. The smallest absolute Gasteiger partial charge is 0.233 e. The topological polar surface area (TPSA) is 47.0 Å². The van der Waals surface area contributed by atoms with Crippen molar-refractivity contribution in [3.05, 3.63) is 12.4 Å². The van der Waals surface area contributed by atoms with Crippen molar-refractivity contribution >= 4 is 17.4 Å². The largest absolute Gasteiger partial charge is 0.480 e. The van der Waals surface area contributed by atoms with Gasteiger partial charge in [0.2, 0.25) is 5.88 Å². The molecule has 17 heavy (non-hydrogen) atoms. The summed E-state index contributed by atoms with van der Waals surface area (Å²) in [5, 5.41) is 3.43. The van der Waals surface area contributed by atoms with Crippen LogP contribution in [-0.4, -0.2) is 28.5 Å². The lowest BCUT2D eigenvalue weighted by atomic mass is 9.83. The van der Waals surface area contributed by atoms with Crippen molar-refractivity contribution in [3.63, 3.8) is 0 Å². The van der Waals surface area contributed by atoms with E-state index in [2.05, 4.69) is 15.3 Å². The summed E-state index contributed by atoms with van der Waals surface area (Å²) in [7, 11) is 1.59. The Hall–Kier alpha value is -1.03. The molecule has 1 aromatic rings. The first kappa shape index (κ1) is 12.4. The number of hydrogen-bond acceptors (Lipinski definition) is 4. The number of anilines is 1. The van der Waals surface area contributed by atoms with Gasteiger partial charge >= 0.3 is 0 Å². The highest BCUT2D eigenvalue weighted by molar-refractivity contribution is 6.18. The van der Waals surface area contributed by atoms with Gasteiger partial charge in [0.15, 0.2) is 0 Å². The highest BCUT2D eigenvalue weighted by atomic mass is 35.5. The van der Waals surface area contributed by atoms with Crippen molar-refractivity contribution in [2.45, 2.75) is 37.6 Å². The molecule has 1 saturated carbocycles. The Kier molecular flexibility index (Phi) is 4.05. The first-order valence-corrected chi connectivity index (χ1v) is 6.52. The lowest BCUT2D eigenvalue weighted by molar-refractivity contribution is 0.351. The van der Waals surface area contributed by atoms with E-state index >= 15 is 0 Å². The molecule has 0 spiro atoms. The maximum absolute atomic E-state index is 6.12. The van der Waals surface area contributed by atoms with E-state index in [1.165, 1.54) is 19.3 Å². The molecule has 0 atom stereocenters. The number of alkyl halides is 1. The Bertz CT molecular complexity index is 367. The highest BCUT2D eigenvalue weighted by Gasteiger charge is 2.31.